The molecule has 0 atom stereocenters. The molecular weight excluding hydrogens is 290 g/mol. The molecule has 5 N–H and O–H groups in total. The van der Waals surface area contributed by atoms with Gasteiger partial charge in [0.2, 0.25) is 10.0 Å². The topological polar surface area (TPSA) is 105 Å². The molecule has 0 aliphatic carbocycles. The lowest BCUT2D eigenvalue weighted by Gasteiger charge is -2.32. The molecule has 1 aliphatic heterocycles. The summed E-state index contributed by atoms with van der Waals surface area (Å²) in [6.07, 6.45) is 0. The van der Waals surface area contributed by atoms with Crippen LogP contribution in [0.1, 0.15) is 0 Å². The van der Waals surface area contributed by atoms with Gasteiger partial charge in [-0.2, -0.15) is 0 Å². The van der Waals surface area contributed by atoms with Crippen LogP contribution in [0.5, 0.6) is 0 Å². The van der Waals surface area contributed by atoms with Crippen LogP contribution in [0.25, 0.3) is 0 Å². The Bertz CT molecular complexity index is 582. The van der Waals surface area contributed by atoms with Gasteiger partial charge in [0, 0.05) is 39.3 Å². The summed E-state index contributed by atoms with van der Waals surface area (Å²) in [5.74, 6) is 0. The zero-order valence-corrected chi connectivity index (χ0v) is 13.1. The van der Waals surface area contributed by atoms with E-state index in [0.29, 0.717) is 5.69 Å². The van der Waals surface area contributed by atoms with Gasteiger partial charge in [-0.05, 0) is 25.2 Å². The number of nitrogens with zero attached hydrogens (tertiary/aromatic N) is 2. The van der Waals surface area contributed by atoms with E-state index in [0.717, 1.165) is 45.0 Å². The van der Waals surface area contributed by atoms with Crippen molar-refractivity contribution in [3.8, 4) is 0 Å². The number of nitrogens with one attached hydrogen (secondary N) is 1. The lowest BCUT2D eigenvalue weighted by molar-refractivity contribution is 0.158. The van der Waals surface area contributed by atoms with Crippen LogP contribution in [-0.4, -0.2) is 64.5 Å². The number of piperazine rings is 1. The Labute approximate surface area is 125 Å². The van der Waals surface area contributed by atoms with Crippen molar-refractivity contribution in [3.05, 3.63) is 18.2 Å². The van der Waals surface area contributed by atoms with E-state index in [1.807, 2.05) is 0 Å². The molecule has 7 nitrogen and oxygen atoms in total. The monoisotopic (exact) mass is 313 g/mol. The standard InChI is InChI=1S/C13H23N5O2S/c1-17-6-8-18(9-7-17)5-4-16-13-3-2-11(10-12(13)14)21(15,19)20/h2-3,10,16H,4-9,14H2,1H3,(H2,15,19,20). The predicted molar refractivity (Wildman–Crippen MR) is 84.7 cm³/mol. The summed E-state index contributed by atoms with van der Waals surface area (Å²) in [6.45, 7) is 6.01. The van der Waals surface area contributed by atoms with Crippen molar-refractivity contribution in [3.63, 3.8) is 0 Å². The minimum atomic E-state index is -3.71. The van der Waals surface area contributed by atoms with Gasteiger partial charge in [0.1, 0.15) is 0 Å². The number of likely N-dealkylation sites (N-methyl/N-ethyl adjacent to an activating group) is 1. The number of anilines is 2. The van der Waals surface area contributed by atoms with Crippen LogP contribution < -0.4 is 16.2 Å². The largest absolute Gasteiger partial charge is 0.397 e. The number of nitrogens with two attached hydrogens (primary N) is 2. The highest BCUT2D eigenvalue weighted by atomic mass is 32.2. The molecule has 0 saturated carbocycles. The maximum Gasteiger partial charge on any atom is 0.238 e. The van der Waals surface area contributed by atoms with Crippen molar-refractivity contribution in [1.82, 2.24) is 9.80 Å². The summed E-state index contributed by atoms with van der Waals surface area (Å²) in [5.41, 5.74) is 6.97. The first-order chi connectivity index (χ1) is 9.86. The molecule has 0 bridgehead atoms. The molecule has 0 aromatic heterocycles. The van der Waals surface area contributed by atoms with Crippen molar-refractivity contribution in [2.24, 2.45) is 5.14 Å². The second-order valence-corrected chi connectivity index (χ2v) is 6.93. The smallest absolute Gasteiger partial charge is 0.238 e. The molecule has 0 unspecified atom stereocenters. The molecule has 1 aromatic carbocycles. The number of nitrogen functional groups attached to an aromatic ring is 1. The van der Waals surface area contributed by atoms with Crippen molar-refractivity contribution < 1.29 is 8.42 Å². The van der Waals surface area contributed by atoms with Gasteiger partial charge in [-0.15, -0.1) is 0 Å². The van der Waals surface area contributed by atoms with E-state index in [2.05, 4.69) is 22.2 Å². The SMILES string of the molecule is CN1CCN(CCNc2ccc(S(N)(=O)=O)cc2N)CC1. The highest BCUT2D eigenvalue weighted by Crippen LogP contribution is 2.21. The van der Waals surface area contributed by atoms with Gasteiger partial charge in [-0.1, -0.05) is 0 Å². The van der Waals surface area contributed by atoms with Crippen LogP contribution in [0.2, 0.25) is 0 Å². The molecule has 2 rings (SSSR count). The van der Waals surface area contributed by atoms with Crippen molar-refractivity contribution >= 4 is 21.4 Å². The van der Waals surface area contributed by atoms with Gasteiger partial charge < -0.3 is 16.0 Å². The summed E-state index contributed by atoms with van der Waals surface area (Å²) in [7, 11) is -1.58. The molecule has 1 saturated heterocycles. The maximum absolute atomic E-state index is 11.2. The first kappa shape index (κ1) is 16.0. The van der Waals surface area contributed by atoms with Crippen LogP contribution in [0.15, 0.2) is 23.1 Å². The molecule has 0 radical (unpaired) electrons. The highest BCUT2D eigenvalue weighted by Gasteiger charge is 2.13. The van der Waals surface area contributed by atoms with E-state index in [4.69, 9.17) is 10.9 Å². The van der Waals surface area contributed by atoms with Gasteiger partial charge in [0.05, 0.1) is 16.3 Å². The number of benzene rings is 1. The lowest BCUT2D eigenvalue weighted by Crippen LogP contribution is -2.45. The van der Waals surface area contributed by atoms with Crippen LogP contribution in [0, 0.1) is 0 Å². The lowest BCUT2D eigenvalue weighted by atomic mass is 10.2. The number of rotatable bonds is 5. The third kappa shape index (κ3) is 4.57. The summed E-state index contributed by atoms with van der Waals surface area (Å²) < 4.78 is 22.5. The average Bonchev–Trinajstić information content (AvgIpc) is 2.41. The normalized spacial score (nSPS) is 17.8. The first-order valence-electron chi connectivity index (χ1n) is 6.93. The van der Waals surface area contributed by atoms with Crippen molar-refractivity contribution in [2.45, 2.75) is 4.90 Å². The maximum atomic E-state index is 11.2. The van der Waals surface area contributed by atoms with Gasteiger partial charge >= 0.3 is 0 Å². The Morgan fingerprint density at radius 3 is 2.48 bits per heavy atom. The number of primary sulfonamides is 1. The van der Waals surface area contributed by atoms with E-state index in [1.54, 1.807) is 6.07 Å². The molecule has 1 aromatic rings. The fraction of sp³-hybridized carbons (Fsp3) is 0.538. The van der Waals surface area contributed by atoms with E-state index in [9.17, 15) is 8.42 Å². The van der Waals surface area contributed by atoms with Crippen molar-refractivity contribution in [1.29, 1.82) is 0 Å². The fourth-order valence-corrected chi connectivity index (χ4v) is 2.85. The van der Waals surface area contributed by atoms with Crippen LogP contribution >= 0.6 is 0 Å². The molecule has 21 heavy (non-hydrogen) atoms. The predicted octanol–water partition coefficient (Wildman–Crippen LogP) is -0.424. The summed E-state index contributed by atoms with van der Waals surface area (Å²) in [5, 5.41) is 8.30. The number of sulfonamides is 1. The van der Waals surface area contributed by atoms with Crippen LogP contribution in [-0.2, 0) is 10.0 Å². The third-order valence-corrected chi connectivity index (χ3v) is 4.60. The zero-order valence-electron chi connectivity index (χ0n) is 12.2. The van der Waals surface area contributed by atoms with Gasteiger partial charge in [0.15, 0.2) is 0 Å². The van der Waals surface area contributed by atoms with Crippen molar-refractivity contribution in [2.75, 3.05) is 57.4 Å². The summed E-state index contributed by atoms with van der Waals surface area (Å²) in [6, 6.07) is 4.50. The van der Waals surface area contributed by atoms with E-state index in [1.165, 1.54) is 12.1 Å². The molecule has 0 spiro atoms. The summed E-state index contributed by atoms with van der Waals surface area (Å²) >= 11 is 0. The number of hydrogen-bond donors (Lipinski definition) is 3. The summed E-state index contributed by atoms with van der Waals surface area (Å²) in [4.78, 5) is 4.74. The zero-order chi connectivity index (χ0) is 15.5. The fourth-order valence-electron chi connectivity index (χ4n) is 2.30. The molecule has 0 amide bonds. The van der Waals surface area contributed by atoms with Gasteiger partial charge in [-0.25, -0.2) is 13.6 Å². The Balaban J connectivity index is 1.86. The Hall–Kier alpha value is -1.35. The minimum absolute atomic E-state index is 0.0321. The van der Waals surface area contributed by atoms with Gasteiger partial charge in [0.25, 0.3) is 0 Å². The highest BCUT2D eigenvalue weighted by molar-refractivity contribution is 7.89. The second kappa shape index (κ2) is 6.61. The Kier molecular flexibility index (Phi) is 5.04. The molecule has 118 valence electrons. The third-order valence-electron chi connectivity index (χ3n) is 3.69. The van der Waals surface area contributed by atoms with Crippen LogP contribution in [0.3, 0.4) is 0 Å². The second-order valence-electron chi connectivity index (χ2n) is 5.37. The average molecular weight is 313 g/mol. The number of hydrogen-bond acceptors (Lipinski definition) is 6. The first-order valence-corrected chi connectivity index (χ1v) is 8.48. The van der Waals surface area contributed by atoms with Crippen LogP contribution in [0.4, 0.5) is 11.4 Å². The van der Waals surface area contributed by atoms with Gasteiger partial charge in [-0.3, -0.25) is 4.90 Å². The van der Waals surface area contributed by atoms with E-state index >= 15 is 0 Å². The molecule has 8 heteroatoms. The molecular formula is C13H23N5O2S. The Morgan fingerprint density at radius 1 is 1.24 bits per heavy atom. The minimum Gasteiger partial charge on any atom is -0.397 e. The molecule has 1 fully saturated rings. The molecule has 1 heterocycles. The van der Waals surface area contributed by atoms with E-state index < -0.39 is 10.0 Å². The molecule has 1 aliphatic rings. The Morgan fingerprint density at radius 2 is 1.90 bits per heavy atom. The van der Waals surface area contributed by atoms with E-state index in [-0.39, 0.29) is 4.90 Å². The quantitative estimate of drug-likeness (QED) is 0.638.